The van der Waals surface area contributed by atoms with E-state index in [1.54, 1.807) is 0 Å². The van der Waals surface area contributed by atoms with E-state index >= 15 is 0 Å². The van der Waals surface area contributed by atoms with Gasteiger partial charge in [0.1, 0.15) is 11.9 Å². The fourth-order valence-electron chi connectivity index (χ4n) is 7.63. The first-order valence-corrected chi connectivity index (χ1v) is 11.4. The molecule has 0 bridgehead atoms. The third-order valence-electron chi connectivity index (χ3n) is 8.90. The highest BCUT2D eigenvalue weighted by molar-refractivity contribution is 5.67. The summed E-state index contributed by atoms with van der Waals surface area (Å²) in [5.41, 5.74) is 3.33. The molecule has 6 atom stereocenters. The van der Waals surface area contributed by atoms with Gasteiger partial charge in [0.05, 0.1) is 0 Å². The zero-order chi connectivity index (χ0) is 21.0. The van der Waals surface area contributed by atoms with Gasteiger partial charge in [-0.2, -0.15) is 0 Å². The Labute approximate surface area is 175 Å². The molecule has 0 amide bonds. The Hall–Kier alpha value is -1.58. The van der Waals surface area contributed by atoms with Crippen molar-refractivity contribution in [2.24, 2.45) is 28.6 Å². The average molecular weight is 401 g/mol. The lowest BCUT2D eigenvalue weighted by molar-refractivity contribution is -0.148. The summed E-state index contributed by atoms with van der Waals surface area (Å²) < 4.78 is 11.1. The third kappa shape index (κ3) is 3.37. The van der Waals surface area contributed by atoms with Gasteiger partial charge in [-0.3, -0.25) is 9.59 Å². The second kappa shape index (κ2) is 7.28. The van der Waals surface area contributed by atoms with Crippen molar-refractivity contribution < 1.29 is 19.1 Å². The third-order valence-corrected chi connectivity index (χ3v) is 8.90. The number of rotatable bonds is 2. The monoisotopic (exact) mass is 400 g/mol. The van der Waals surface area contributed by atoms with Crippen LogP contribution in [0.25, 0.3) is 0 Å². The molecule has 0 aromatic rings. The smallest absolute Gasteiger partial charge is 0.307 e. The molecular weight excluding hydrogens is 364 g/mol. The van der Waals surface area contributed by atoms with E-state index in [4.69, 9.17) is 9.47 Å². The Morgan fingerprint density at radius 3 is 2.34 bits per heavy atom. The van der Waals surface area contributed by atoms with Gasteiger partial charge in [-0.25, -0.2) is 0 Å². The molecule has 0 radical (unpaired) electrons. The number of ether oxygens (including phenoxy) is 2. The van der Waals surface area contributed by atoms with E-state index in [0.717, 1.165) is 37.9 Å². The van der Waals surface area contributed by atoms with Crippen LogP contribution in [0.5, 0.6) is 0 Å². The SMILES string of the molecule is CC(=O)O/C(C)=C1\CC[C@@H]2[C@H]3CC=C4C[C@H](OC(C)=O)CC[C@]4(C)[C@@H]3CC[C@@]12C. The summed E-state index contributed by atoms with van der Waals surface area (Å²) in [6.45, 7) is 9.88. The second-order valence-electron chi connectivity index (χ2n) is 10.4. The van der Waals surface area contributed by atoms with E-state index in [-0.39, 0.29) is 28.9 Å². The lowest BCUT2D eigenvalue weighted by atomic mass is 9.48. The van der Waals surface area contributed by atoms with E-state index in [9.17, 15) is 9.59 Å². The number of hydrogen-bond acceptors (Lipinski definition) is 4. The first-order valence-electron chi connectivity index (χ1n) is 11.4. The van der Waals surface area contributed by atoms with Crippen LogP contribution in [-0.2, 0) is 19.1 Å². The van der Waals surface area contributed by atoms with Crippen molar-refractivity contribution in [3.05, 3.63) is 23.0 Å². The van der Waals surface area contributed by atoms with Crippen molar-refractivity contribution in [1.29, 1.82) is 0 Å². The molecule has 4 nitrogen and oxygen atoms in total. The highest BCUT2D eigenvalue weighted by Crippen LogP contribution is 2.66. The first-order chi connectivity index (χ1) is 13.6. The number of carbonyl (C=O) groups excluding carboxylic acids is 2. The van der Waals surface area contributed by atoms with Gasteiger partial charge in [0.15, 0.2) is 0 Å². The van der Waals surface area contributed by atoms with Crippen LogP contribution in [0.3, 0.4) is 0 Å². The van der Waals surface area contributed by atoms with E-state index in [0.29, 0.717) is 17.8 Å². The fraction of sp³-hybridized carbons (Fsp3) is 0.760. The van der Waals surface area contributed by atoms with Crippen LogP contribution in [-0.4, -0.2) is 18.0 Å². The molecule has 0 N–H and O–H groups in total. The summed E-state index contributed by atoms with van der Waals surface area (Å²) >= 11 is 0. The van der Waals surface area contributed by atoms with Crippen LogP contribution < -0.4 is 0 Å². The van der Waals surface area contributed by atoms with Crippen LogP contribution in [0.4, 0.5) is 0 Å². The second-order valence-corrected chi connectivity index (χ2v) is 10.4. The van der Waals surface area contributed by atoms with Crippen molar-refractivity contribution in [3.8, 4) is 0 Å². The Kier molecular flexibility index (Phi) is 5.19. The summed E-state index contributed by atoms with van der Waals surface area (Å²) in [5, 5.41) is 0. The van der Waals surface area contributed by atoms with E-state index in [1.165, 1.54) is 44.3 Å². The minimum Gasteiger partial charge on any atom is -0.462 e. The predicted octanol–water partition coefficient (Wildman–Crippen LogP) is 5.72. The molecule has 4 aliphatic rings. The number of fused-ring (bicyclic) bond motifs is 5. The standard InChI is InChI=1S/C25H36O4/c1-15(28-16(2)26)21-8-9-22-20-7-6-18-14-19(29-17(3)27)10-12-24(18,4)23(20)11-13-25(21,22)5/h6,19-20,22-23H,7-14H2,1-5H3/b21-15+/t19-,20-,22-,23-,24+,25+/m1/s1. The summed E-state index contributed by atoms with van der Waals surface area (Å²) in [5.74, 6) is 2.57. The summed E-state index contributed by atoms with van der Waals surface area (Å²) in [4.78, 5) is 22.9. The van der Waals surface area contributed by atoms with Gasteiger partial charge in [0, 0.05) is 20.3 Å². The summed E-state index contributed by atoms with van der Waals surface area (Å²) in [7, 11) is 0. The molecule has 0 spiro atoms. The number of esters is 2. The minimum atomic E-state index is -0.210. The van der Waals surface area contributed by atoms with E-state index in [2.05, 4.69) is 19.9 Å². The lowest BCUT2D eigenvalue weighted by Gasteiger charge is -2.57. The van der Waals surface area contributed by atoms with Gasteiger partial charge < -0.3 is 9.47 Å². The van der Waals surface area contributed by atoms with Gasteiger partial charge in [0.2, 0.25) is 0 Å². The Balaban J connectivity index is 1.59. The van der Waals surface area contributed by atoms with Gasteiger partial charge in [0.25, 0.3) is 0 Å². The topological polar surface area (TPSA) is 52.6 Å². The molecular formula is C25H36O4. The largest absolute Gasteiger partial charge is 0.462 e. The van der Waals surface area contributed by atoms with Crippen LogP contribution in [0.15, 0.2) is 23.0 Å². The predicted molar refractivity (Wildman–Crippen MR) is 112 cm³/mol. The van der Waals surface area contributed by atoms with Gasteiger partial charge in [-0.15, -0.1) is 0 Å². The van der Waals surface area contributed by atoms with Crippen molar-refractivity contribution in [2.45, 2.75) is 92.1 Å². The number of carbonyl (C=O) groups is 2. The van der Waals surface area contributed by atoms with Gasteiger partial charge >= 0.3 is 11.9 Å². The molecule has 0 aliphatic heterocycles. The van der Waals surface area contributed by atoms with Crippen LogP contribution >= 0.6 is 0 Å². The molecule has 0 saturated heterocycles. The van der Waals surface area contributed by atoms with Crippen LogP contribution in [0.1, 0.15) is 86.0 Å². The van der Waals surface area contributed by atoms with Crippen LogP contribution in [0, 0.1) is 28.6 Å². The molecule has 3 fully saturated rings. The fourth-order valence-corrected chi connectivity index (χ4v) is 7.63. The Morgan fingerprint density at radius 2 is 1.66 bits per heavy atom. The maximum atomic E-state index is 11.5. The molecule has 4 rings (SSSR count). The number of hydrogen-bond donors (Lipinski definition) is 0. The maximum absolute atomic E-state index is 11.5. The van der Waals surface area contributed by atoms with Crippen molar-refractivity contribution in [2.75, 3.05) is 0 Å². The molecule has 0 unspecified atom stereocenters. The molecule has 29 heavy (non-hydrogen) atoms. The average Bonchev–Trinajstić information content (AvgIpc) is 2.98. The summed E-state index contributed by atoms with van der Waals surface area (Å²) in [6.07, 6.45) is 11.4. The highest BCUT2D eigenvalue weighted by atomic mass is 16.5. The van der Waals surface area contributed by atoms with Crippen molar-refractivity contribution in [3.63, 3.8) is 0 Å². The zero-order valence-corrected chi connectivity index (χ0v) is 18.7. The van der Waals surface area contributed by atoms with Crippen molar-refractivity contribution in [1.82, 2.24) is 0 Å². The molecule has 0 heterocycles. The summed E-state index contributed by atoms with van der Waals surface area (Å²) in [6, 6.07) is 0. The molecule has 4 heteroatoms. The molecule has 160 valence electrons. The van der Waals surface area contributed by atoms with E-state index < -0.39 is 0 Å². The molecule has 0 aromatic carbocycles. The number of allylic oxidation sites excluding steroid dienone is 3. The lowest BCUT2D eigenvalue weighted by Crippen LogP contribution is -2.49. The van der Waals surface area contributed by atoms with Crippen LogP contribution in [0.2, 0.25) is 0 Å². The maximum Gasteiger partial charge on any atom is 0.307 e. The van der Waals surface area contributed by atoms with Gasteiger partial charge in [-0.1, -0.05) is 25.5 Å². The molecule has 0 aromatic heterocycles. The normalized spacial score (nSPS) is 42.7. The first kappa shape index (κ1) is 20.7. The molecule has 3 saturated carbocycles. The molecule has 4 aliphatic carbocycles. The Morgan fingerprint density at radius 1 is 0.966 bits per heavy atom. The quantitative estimate of drug-likeness (QED) is 0.338. The van der Waals surface area contributed by atoms with E-state index in [1.807, 2.05) is 6.92 Å². The minimum absolute atomic E-state index is 0.0598. The highest BCUT2D eigenvalue weighted by Gasteiger charge is 2.57. The van der Waals surface area contributed by atoms with Gasteiger partial charge in [-0.05, 0) is 86.0 Å². The zero-order valence-electron chi connectivity index (χ0n) is 18.7. The van der Waals surface area contributed by atoms with Crippen molar-refractivity contribution >= 4 is 11.9 Å². The Bertz CT molecular complexity index is 778.